The summed E-state index contributed by atoms with van der Waals surface area (Å²) in [5, 5.41) is 21.2. The SMILES string of the molecule is Cc1cc(C(F)(F)F)cc(O)c1-c1ccc(N[C@H]2C[C@H](F)CN(C)C2)nn1. The highest BCUT2D eigenvalue weighted by Crippen LogP contribution is 2.38. The monoisotopic (exact) mass is 384 g/mol. The third kappa shape index (κ3) is 4.47. The van der Waals surface area contributed by atoms with E-state index < -0.39 is 23.7 Å². The Labute approximate surface area is 154 Å². The van der Waals surface area contributed by atoms with E-state index in [1.54, 1.807) is 12.1 Å². The summed E-state index contributed by atoms with van der Waals surface area (Å²) in [6, 6.07) is 4.70. The van der Waals surface area contributed by atoms with Crippen molar-refractivity contribution < 1.29 is 22.7 Å². The van der Waals surface area contributed by atoms with Crippen LogP contribution in [0.2, 0.25) is 0 Å². The number of hydrogen-bond acceptors (Lipinski definition) is 5. The second kappa shape index (κ2) is 7.30. The molecule has 0 unspecified atom stereocenters. The first-order valence-electron chi connectivity index (χ1n) is 8.47. The number of aromatic nitrogens is 2. The Hall–Kier alpha value is -2.42. The van der Waals surface area contributed by atoms with Crippen molar-refractivity contribution in [3.05, 3.63) is 35.4 Å². The molecule has 1 aromatic heterocycles. The van der Waals surface area contributed by atoms with Gasteiger partial charge in [-0.2, -0.15) is 13.2 Å². The second-order valence-corrected chi connectivity index (χ2v) is 6.88. The Morgan fingerprint density at radius 2 is 1.93 bits per heavy atom. The fourth-order valence-electron chi connectivity index (χ4n) is 3.37. The highest BCUT2D eigenvalue weighted by atomic mass is 19.4. The van der Waals surface area contributed by atoms with Gasteiger partial charge in [0.25, 0.3) is 0 Å². The molecule has 0 radical (unpaired) electrons. The molecule has 3 rings (SSSR count). The van der Waals surface area contributed by atoms with Gasteiger partial charge in [0, 0.05) is 31.1 Å². The number of hydrogen-bond donors (Lipinski definition) is 2. The van der Waals surface area contributed by atoms with E-state index >= 15 is 0 Å². The quantitative estimate of drug-likeness (QED) is 0.792. The van der Waals surface area contributed by atoms with Crippen molar-refractivity contribution in [2.75, 3.05) is 25.5 Å². The summed E-state index contributed by atoms with van der Waals surface area (Å²) in [5.41, 5.74) is -0.224. The van der Waals surface area contributed by atoms with Crippen molar-refractivity contribution in [1.82, 2.24) is 15.1 Å². The van der Waals surface area contributed by atoms with Crippen molar-refractivity contribution in [3.8, 4) is 17.0 Å². The highest BCUT2D eigenvalue weighted by Gasteiger charge is 2.32. The third-order valence-corrected chi connectivity index (χ3v) is 4.50. The van der Waals surface area contributed by atoms with Gasteiger partial charge in [-0.1, -0.05) is 0 Å². The van der Waals surface area contributed by atoms with Gasteiger partial charge in [0.1, 0.15) is 17.7 Å². The van der Waals surface area contributed by atoms with Crippen LogP contribution in [0.25, 0.3) is 11.3 Å². The van der Waals surface area contributed by atoms with E-state index in [-0.39, 0.29) is 22.9 Å². The van der Waals surface area contributed by atoms with Gasteiger partial charge in [0.2, 0.25) is 0 Å². The summed E-state index contributed by atoms with van der Waals surface area (Å²) in [5.74, 6) is -0.0678. The molecule has 1 saturated heterocycles. The lowest BCUT2D eigenvalue weighted by molar-refractivity contribution is -0.137. The second-order valence-electron chi connectivity index (χ2n) is 6.88. The van der Waals surface area contributed by atoms with Gasteiger partial charge in [-0.3, -0.25) is 0 Å². The van der Waals surface area contributed by atoms with Crippen molar-refractivity contribution in [1.29, 1.82) is 0 Å². The number of piperidine rings is 1. The van der Waals surface area contributed by atoms with E-state index in [2.05, 4.69) is 15.5 Å². The summed E-state index contributed by atoms with van der Waals surface area (Å²) in [7, 11) is 1.84. The molecule has 0 aliphatic carbocycles. The highest BCUT2D eigenvalue weighted by molar-refractivity contribution is 5.71. The van der Waals surface area contributed by atoms with Crippen LogP contribution in [0.1, 0.15) is 17.5 Å². The zero-order valence-electron chi connectivity index (χ0n) is 14.9. The first kappa shape index (κ1) is 19.3. The van der Waals surface area contributed by atoms with Crippen LogP contribution in [0.5, 0.6) is 5.75 Å². The van der Waals surface area contributed by atoms with Gasteiger partial charge < -0.3 is 15.3 Å². The standard InChI is InChI=1S/C18H20F4N4O/c1-10-5-11(18(20,21)22)6-15(27)17(10)14-3-4-16(25-24-14)23-13-7-12(19)8-26(2)9-13/h3-6,12-13,27H,7-9H2,1-2H3,(H,23,25)/t12-,13-/m0/s1. The summed E-state index contributed by atoms with van der Waals surface area (Å²) >= 11 is 0. The number of halogens is 4. The number of rotatable bonds is 3. The van der Waals surface area contributed by atoms with Crippen LogP contribution in [0.3, 0.4) is 0 Å². The molecule has 1 fully saturated rings. The molecule has 2 aromatic rings. The maximum Gasteiger partial charge on any atom is 0.416 e. The molecule has 2 N–H and O–H groups in total. The summed E-state index contributed by atoms with van der Waals surface area (Å²) in [6.07, 6.45) is -5.09. The molecule has 0 saturated carbocycles. The number of nitrogens with zero attached hydrogens (tertiary/aromatic N) is 3. The molecule has 0 spiro atoms. The van der Waals surface area contributed by atoms with Crippen LogP contribution in [0.4, 0.5) is 23.4 Å². The predicted molar refractivity (Wildman–Crippen MR) is 93.3 cm³/mol. The van der Waals surface area contributed by atoms with Crippen LogP contribution < -0.4 is 5.32 Å². The molecule has 5 nitrogen and oxygen atoms in total. The number of anilines is 1. The Kier molecular flexibility index (Phi) is 5.23. The maximum absolute atomic E-state index is 13.7. The largest absolute Gasteiger partial charge is 0.507 e. The summed E-state index contributed by atoms with van der Waals surface area (Å²) in [4.78, 5) is 1.89. The van der Waals surface area contributed by atoms with Gasteiger partial charge >= 0.3 is 6.18 Å². The van der Waals surface area contributed by atoms with Crippen molar-refractivity contribution in [2.45, 2.75) is 31.7 Å². The van der Waals surface area contributed by atoms with Gasteiger partial charge in [0.15, 0.2) is 0 Å². The number of alkyl halides is 4. The van der Waals surface area contributed by atoms with E-state index in [9.17, 15) is 22.7 Å². The van der Waals surface area contributed by atoms with E-state index in [0.717, 1.165) is 6.07 Å². The number of phenols is 1. The molecule has 2 heterocycles. The average molecular weight is 384 g/mol. The predicted octanol–water partition coefficient (Wildman–Crippen LogP) is 3.63. The van der Waals surface area contributed by atoms with E-state index in [1.165, 1.54) is 6.92 Å². The van der Waals surface area contributed by atoms with Gasteiger partial charge in [-0.05, 0) is 43.8 Å². The number of aromatic hydroxyl groups is 1. The first-order chi connectivity index (χ1) is 12.6. The average Bonchev–Trinajstić information content (AvgIpc) is 2.54. The Balaban J connectivity index is 1.79. The first-order valence-corrected chi connectivity index (χ1v) is 8.47. The molecule has 1 aromatic carbocycles. The van der Waals surface area contributed by atoms with Crippen molar-refractivity contribution in [3.63, 3.8) is 0 Å². The lowest BCUT2D eigenvalue weighted by Crippen LogP contribution is -2.45. The molecule has 2 atom stereocenters. The van der Waals surface area contributed by atoms with Crippen LogP contribution in [-0.2, 0) is 6.18 Å². The van der Waals surface area contributed by atoms with Crippen LogP contribution in [0.15, 0.2) is 24.3 Å². The number of nitrogens with one attached hydrogen (secondary N) is 1. The fourth-order valence-corrected chi connectivity index (χ4v) is 3.37. The summed E-state index contributed by atoms with van der Waals surface area (Å²) in [6.45, 7) is 2.54. The normalized spacial score (nSPS) is 21.3. The smallest absolute Gasteiger partial charge is 0.416 e. The Morgan fingerprint density at radius 1 is 1.19 bits per heavy atom. The summed E-state index contributed by atoms with van der Waals surface area (Å²) < 4.78 is 52.2. The molecule has 9 heteroatoms. The van der Waals surface area contributed by atoms with Crippen molar-refractivity contribution >= 4 is 5.82 Å². The lowest BCUT2D eigenvalue weighted by Gasteiger charge is -2.32. The minimum Gasteiger partial charge on any atom is -0.507 e. The number of phenolic OH excluding ortho intramolecular Hbond substituents is 1. The van der Waals surface area contributed by atoms with Gasteiger partial charge in [0.05, 0.1) is 11.3 Å². The number of likely N-dealkylation sites (tertiary alicyclic amines) is 1. The topological polar surface area (TPSA) is 61.3 Å². The molecule has 0 bridgehead atoms. The Bertz CT molecular complexity index is 777. The van der Waals surface area contributed by atoms with Crippen LogP contribution in [0, 0.1) is 6.92 Å². The Morgan fingerprint density at radius 3 is 2.48 bits per heavy atom. The van der Waals surface area contributed by atoms with Crippen molar-refractivity contribution in [2.24, 2.45) is 0 Å². The van der Waals surface area contributed by atoms with Gasteiger partial charge in [-0.15, -0.1) is 10.2 Å². The molecule has 146 valence electrons. The molecule has 1 aliphatic rings. The zero-order valence-corrected chi connectivity index (χ0v) is 14.9. The van der Waals surface area contributed by atoms with E-state index in [0.29, 0.717) is 31.4 Å². The minimum absolute atomic E-state index is 0.111. The minimum atomic E-state index is -4.54. The number of benzene rings is 1. The molecular weight excluding hydrogens is 364 g/mol. The molecule has 27 heavy (non-hydrogen) atoms. The fraction of sp³-hybridized carbons (Fsp3) is 0.444. The maximum atomic E-state index is 13.7. The lowest BCUT2D eigenvalue weighted by atomic mass is 10.0. The molecule has 1 aliphatic heterocycles. The molecular formula is C18H20F4N4O. The third-order valence-electron chi connectivity index (χ3n) is 4.50. The van der Waals surface area contributed by atoms with E-state index in [1.807, 2.05) is 11.9 Å². The number of likely N-dealkylation sites (N-methyl/N-ethyl adjacent to an activating group) is 1. The van der Waals surface area contributed by atoms with Crippen LogP contribution in [-0.4, -0.2) is 52.6 Å². The van der Waals surface area contributed by atoms with Crippen LogP contribution >= 0.6 is 0 Å². The van der Waals surface area contributed by atoms with E-state index in [4.69, 9.17) is 0 Å². The zero-order chi connectivity index (χ0) is 19.8. The number of aryl methyl sites for hydroxylation is 1. The molecule has 0 amide bonds. The van der Waals surface area contributed by atoms with Gasteiger partial charge in [-0.25, -0.2) is 4.39 Å².